The third-order valence-corrected chi connectivity index (χ3v) is 8.94. The highest BCUT2D eigenvalue weighted by molar-refractivity contribution is 5.70. The summed E-state index contributed by atoms with van der Waals surface area (Å²) < 4.78 is 10.6. The predicted molar refractivity (Wildman–Crippen MR) is 205 cm³/mol. The van der Waals surface area contributed by atoms with Gasteiger partial charge in [-0.25, -0.2) is 0 Å². The number of allylic oxidation sites excluding steroid dienone is 6. The largest absolute Gasteiger partial charge is 0.462 e. The van der Waals surface area contributed by atoms with Gasteiger partial charge in [0.25, 0.3) is 0 Å². The van der Waals surface area contributed by atoms with Gasteiger partial charge in [0, 0.05) is 12.8 Å². The van der Waals surface area contributed by atoms with Gasteiger partial charge in [0.1, 0.15) is 6.61 Å². The van der Waals surface area contributed by atoms with Crippen LogP contribution in [-0.2, 0) is 19.1 Å². The number of hydrogen-bond acceptors (Lipinski definition) is 5. The van der Waals surface area contributed by atoms with E-state index in [0.29, 0.717) is 12.8 Å². The van der Waals surface area contributed by atoms with E-state index >= 15 is 0 Å². The fourth-order valence-electron chi connectivity index (χ4n) is 5.80. The molecule has 0 heterocycles. The van der Waals surface area contributed by atoms with Crippen LogP contribution in [0, 0.1) is 0 Å². The first-order chi connectivity index (χ1) is 23.6. The van der Waals surface area contributed by atoms with Crippen molar-refractivity contribution in [2.24, 2.45) is 0 Å². The van der Waals surface area contributed by atoms with Gasteiger partial charge in [0.05, 0.1) is 6.61 Å². The summed E-state index contributed by atoms with van der Waals surface area (Å²) in [6.07, 6.45) is 47.8. The van der Waals surface area contributed by atoms with Crippen molar-refractivity contribution in [2.75, 3.05) is 13.2 Å². The van der Waals surface area contributed by atoms with Gasteiger partial charge in [-0.05, 0) is 51.4 Å². The van der Waals surface area contributed by atoms with Crippen LogP contribution in [0.15, 0.2) is 36.5 Å². The van der Waals surface area contributed by atoms with E-state index in [4.69, 9.17) is 9.47 Å². The normalized spacial score (nSPS) is 12.5. The van der Waals surface area contributed by atoms with Gasteiger partial charge in [-0.15, -0.1) is 0 Å². The van der Waals surface area contributed by atoms with Crippen molar-refractivity contribution in [3.63, 3.8) is 0 Å². The molecule has 0 fully saturated rings. The number of carbonyl (C=O) groups excluding carboxylic acids is 2. The van der Waals surface area contributed by atoms with Crippen molar-refractivity contribution in [3.8, 4) is 0 Å². The molecule has 0 saturated heterocycles. The van der Waals surface area contributed by atoms with Gasteiger partial charge < -0.3 is 14.6 Å². The Morgan fingerprint density at radius 2 is 0.833 bits per heavy atom. The minimum atomic E-state index is -0.783. The van der Waals surface area contributed by atoms with Crippen molar-refractivity contribution in [1.29, 1.82) is 0 Å². The van der Waals surface area contributed by atoms with Crippen molar-refractivity contribution in [1.82, 2.24) is 0 Å². The summed E-state index contributed by atoms with van der Waals surface area (Å²) in [4.78, 5) is 24.2. The number of aliphatic hydroxyl groups is 1. The van der Waals surface area contributed by atoms with Gasteiger partial charge in [-0.3, -0.25) is 9.59 Å². The molecule has 0 rings (SSSR count). The Balaban J connectivity index is 3.57. The summed E-state index contributed by atoms with van der Waals surface area (Å²) >= 11 is 0. The number of carbonyl (C=O) groups is 2. The van der Waals surface area contributed by atoms with Crippen molar-refractivity contribution in [3.05, 3.63) is 36.5 Å². The molecule has 0 aromatic rings. The summed E-state index contributed by atoms with van der Waals surface area (Å²) in [6, 6.07) is 0. The molecule has 1 atom stereocenters. The van der Waals surface area contributed by atoms with Crippen LogP contribution in [0.25, 0.3) is 0 Å². The Labute approximate surface area is 297 Å². The summed E-state index contributed by atoms with van der Waals surface area (Å²) in [5, 5.41) is 9.55. The Morgan fingerprint density at radius 3 is 1.29 bits per heavy atom. The molecular formula is C43H78O5. The van der Waals surface area contributed by atoms with E-state index in [9.17, 15) is 14.7 Å². The second-order valence-electron chi connectivity index (χ2n) is 13.7. The number of hydrogen-bond donors (Lipinski definition) is 1. The second-order valence-corrected chi connectivity index (χ2v) is 13.7. The monoisotopic (exact) mass is 675 g/mol. The minimum absolute atomic E-state index is 0.0829. The first-order valence-corrected chi connectivity index (χ1v) is 20.5. The zero-order valence-electron chi connectivity index (χ0n) is 31.7. The molecule has 1 unspecified atom stereocenters. The van der Waals surface area contributed by atoms with Gasteiger partial charge in [0.15, 0.2) is 6.10 Å². The fraction of sp³-hybridized carbons (Fsp3) is 0.814. The van der Waals surface area contributed by atoms with Crippen molar-refractivity contribution < 1.29 is 24.2 Å². The van der Waals surface area contributed by atoms with E-state index in [1.165, 1.54) is 128 Å². The lowest BCUT2D eigenvalue weighted by Crippen LogP contribution is -2.28. The highest BCUT2D eigenvalue weighted by Crippen LogP contribution is 2.15. The molecule has 280 valence electrons. The summed E-state index contributed by atoms with van der Waals surface area (Å²) in [7, 11) is 0. The minimum Gasteiger partial charge on any atom is -0.462 e. The second kappa shape index (κ2) is 39.6. The van der Waals surface area contributed by atoms with E-state index in [-0.39, 0.29) is 25.2 Å². The van der Waals surface area contributed by atoms with Crippen LogP contribution in [0.1, 0.15) is 206 Å². The van der Waals surface area contributed by atoms with Crippen LogP contribution in [0.3, 0.4) is 0 Å². The molecule has 0 aliphatic rings. The molecule has 5 nitrogen and oxygen atoms in total. The zero-order chi connectivity index (χ0) is 35.0. The first-order valence-electron chi connectivity index (χ1n) is 20.5. The molecule has 0 aromatic carbocycles. The topological polar surface area (TPSA) is 72.8 Å². The third kappa shape index (κ3) is 36.9. The Hall–Kier alpha value is -1.88. The van der Waals surface area contributed by atoms with Crippen LogP contribution in [0.5, 0.6) is 0 Å². The summed E-state index contributed by atoms with van der Waals surface area (Å²) in [5.74, 6) is -0.629. The van der Waals surface area contributed by atoms with Crippen molar-refractivity contribution in [2.45, 2.75) is 213 Å². The molecule has 0 aromatic heterocycles. The van der Waals surface area contributed by atoms with Gasteiger partial charge in [-0.1, -0.05) is 179 Å². The number of aliphatic hydroxyl groups excluding tert-OH is 1. The molecule has 0 amide bonds. The van der Waals surface area contributed by atoms with Crippen LogP contribution < -0.4 is 0 Å². The van der Waals surface area contributed by atoms with E-state index < -0.39 is 6.10 Å². The summed E-state index contributed by atoms with van der Waals surface area (Å²) in [6.45, 7) is 4.09. The first kappa shape index (κ1) is 46.1. The molecular weight excluding hydrogens is 596 g/mol. The van der Waals surface area contributed by atoms with Gasteiger partial charge >= 0.3 is 11.9 Å². The van der Waals surface area contributed by atoms with E-state index in [0.717, 1.165) is 51.4 Å². The van der Waals surface area contributed by atoms with E-state index in [2.05, 4.69) is 50.3 Å². The average Bonchev–Trinajstić information content (AvgIpc) is 3.09. The lowest BCUT2D eigenvalue weighted by molar-refractivity contribution is -0.161. The fourth-order valence-corrected chi connectivity index (χ4v) is 5.80. The maximum Gasteiger partial charge on any atom is 0.306 e. The van der Waals surface area contributed by atoms with Crippen molar-refractivity contribution >= 4 is 11.9 Å². The van der Waals surface area contributed by atoms with Crippen LogP contribution >= 0.6 is 0 Å². The number of unbranched alkanes of at least 4 members (excludes halogenated alkanes) is 23. The zero-order valence-corrected chi connectivity index (χ0v) is 31.7. The highest BCUT2D eigenvalue weighted by Gasteiger charge is 2.16. The van der Waals surface area contributed by atoms with Crippen LogP contribution in [-0.4, -0.2) is 36.4 Å². The quantitative estimate of drug-likeness (QED) is 0.0403. The average molecular weight is 675 g/mol. The Bertz CT molecular complexity index is 771. The molecule has 0 radical (unpaired) electrons. The number of esters is 2. The molecule has 0 aliphatic carbocycles. The van der Waals surface area contributed by atoms with Crippen LogP contribution in [0.4, 0.5) is 0 Å². The molecule has 0 saturated carbocycles. The Morgan fingerprint density at radius 1 is 0.479 bits per heavy atom. The van der Waals surface area contributed by atoms with E-state index in [1.807, 2.05) is 0 Å². The predicted octanol–water partition coefficient (Wildman–Crippen LogP) is 12.8. The van der Waals surface area contributed by atoms with Crippen LogP contribution in [0.2, 0.25) is 0 Å². The lowest BCUT2D eigenvalue weighted by atomic mass is 10.0. The number of rotatable bonds is 37. The molecule has 48 heavy (non-hydrogen) atoms. The molecule has 0 aliphatic heterocycles. The lowest BCUT2D eigenvalue weighted by Gasteiger charge is -2.15. The molecule has 0 spiro atoms. The highest BCUT2D eigenvalue weighted by atomic mass is 16.6. The third-order valence-electron chi connectivity index (χ3n) is 8.94. The maximum atomic E-state index is 12.2. The van der Waals surface area contributed by atoms with Gasteiger partial charge in [0.2, 0.25) is 0 Å². The number of ether oxygens (including phenoxy) is 2. The summed E-state index contributed by atoms with van der Waals surface area (Å²) in [5.41, 5.74) is 0. The van der Waals surface area contributed by atoms with E-state index in [1.54, 1.807) is 0 Å². The maximum absolute atomic E-state index is 12.2. The molecule has 1 N–H and O–H groups in total. The SMILES string of the molecule is CCCCCC=CCC=CCC=CCCCCC(=O)OCC(CO)OC(=O)CCCCCCCCCCCCCCCCCCCCC. The Kier molecular flexibility index (Phi) is 38.0. The molecule has 0 bridgehead atoms. The smallest absolute Gasteiger partial charge is 0.306 e. The van der Waals surface area contributed by atoms with Gasteiger partial charge in [-0.2, -0.15) is 0 Å². The standard InChI is InChI=1S/C43H78O5/c1-3-5-7-9-11-13-15-17-19-20-21-22-24-26-28-30-32-34-36-38-43(46)48-41(39-44)40-47-42(45)37-35-33-31-29-27-25-23-18-16-14-12-10-8-6-4-2/h12,14,18,23,27,29,41,44H,3-11,13,15-17,19-22,24-26,28,30-40H2,1-2H3. The molecule has 5 heteroatoms.